The molecular formula is C17H16O4. The third-order valence-corrected chi connectivity index (χ3v) is 2.80. The van der Waals surface area contributed by atoms with Crippen molar-refractivity contribution in [2.45, 2.75) is 32.0 Å². The van der Waals surface area contributed by atoms with E-state index in [9.17, 15) is 9.59 Å². The molecule has 0 saturated carbocycles. The number of carbonyl (C=O) groups excluding carboxylic acids is 2. The number of benzene rings is 1. The summed E-state index contributed by atoms with van der Waals surface area (Å²) in [6.07, 6.45) is 2.03. The molecule has 0 aliphatic carbocycles. The second-order valence-electron chi connectivity index (χ2n) is 4.96. The van der Waals surface area contributed by atoms with Crippen LogP contribution in [0.25, 0.3) is 0 Å². The Morgan fingerprint density at radius 1 is 1.33 bits per heavy atom. The van der Waals surface area contributed by atoms with Crippen molar-refractivity contribution < 1.29 is 19.1 Å². The molecule has 1 aliphatic heterocycles. The number of rotatable bonds is 2. The molecule has 0 amide bonds. The number of carbonyl (C=O) groups is 2. The van der Waals surface area contributed by atoms with Crippen molar-refractivity contribution in [3.8, 4) is 11.8 Å². The Balaban J connectivity index is 2.33. The molecule has 4 heteroatoms. The highest BCUT2D eigenvalue weighted by Crippen LogP contribution is 2.23. The Labute approximate surface area is 123 Å². The number of hydrogen-bond acceptors (Lipinski definition) is 4. The highest BCUT2D eigenvalue weighted by atomic mass is 16.6. The van der Waals surface area contributed by atoms with Gasteiger partial charge in [0.1, 0.15) is 0 Å². The van der Waals surface area contributed by atoms with Crippen molar-refractivity contribution >= 4 is 11.8 Å². The van der Waals surface area contributed by atoms with Gasteiger partial charge in [0, 0.05) is 11.6 Å². The fourth-order valence-electron chi connectivity index (χ4n) is 1.82. The molecule has 0 unspecified atom stereocenters. The Bertz CT molecular complexity index is 619. The van der Waals surface area contributed by atoms with Crippen molar-refractivity contribution in [3.05, 3.63) is 48.2 Å². The van der Waals surface area contributed by atoms with Crippen LogP contribution in [0.5, 0.6) is 0 Å². The highest BCUT2D eigenvalue weighted by molar-refractivity contribution is 5.98. The van der Waals surface area contributed by atoms with Gasteiger partial charge in [0.15, 0.2) is 5.78 Å². The van der Waals surface area contributed by atoms with Gasteiger partial charge in [0.25, 0.3) is 5.60 Å². The van der Waals surface area contributed by atoms with Gasteiger partial charge in [-0.15, -0.1) is 0 Å². The van der Waals surface area contributed by atoms with E-state index in [2.05, 4.69) is 11.8 Å². The molecule has 108 valence electrons. The third kappa shape index (κ3) is 3.73. The van der Waals surface area contributed by atoms with Crippen LogP contribution >= 0.6 is 0 Å². The van der Waals surface area contributed by atoms with E-state index in [0.717, 1.165) is 5.56 Å². The number of allylic oxidation sites excluding steroid dienone is 1. The summed E-state index contributed by atoms with van der Waals surface area (Å²) in [5, 5.41) is 0. The van der Waals surface area contributed by atoms with Crippen molar-refractivity contribution in [2.24, 2.45) is 0 Å². The Morgan fingerprint density at radius 3 is 2.67 bits per heavy atom. The molecule has 4 nitrogen and oxygen atoms in total. The quantitative estimate of drug-likeness (QED) is 0.617. The first-order chi connectivity index (χ1) is 10.0. The summed E-state index contributed by atoms with van der Waals surface area (Å²) in [7, 11) is 0. The van der Waals surface area contributed by atoms with Gasteiger partial charge in [-0.05, 0) is 31.9 Å². The molecule has 0 bridgehead atoms. The molecule has 0 spiro atoms. The number of ketones is 1. The van der Waals surface area contributed by atoms with E-state index in [-0.39, 0.29) is 18.3 Å². The van der Waals surface area contributed by atoms with E-state index >= 15 is 0 Å². The average molecular weight is 284 g/mol. The van der Waals surface area contributed by atoms with Crippen LogP contribution in [0, 0.1) is 11.8 Å². The molecule has 1 aliphatic rings. The molecule has 1 aromatic rings. The number of ether oxygens (including phenoxy) is 2. The van der Waals surface area contributed by atoms with Crippen molar-refractivity contribution in [1.29, 1.82) is 0 Å². The van der Waals surface area contributed by atoms with Crippen molar-refractivity contribution in [3.63, 3.8) is 0 Å². The minimum atomic E-state index is -1.56. The highest BCUT2D eigenvalue weighted by Gasteiger charge is 2.44. The number of hydrogen-bond donors (Lipinski definition) is 0. The van der Waals surface area contributed by atoms with E-state index in [1.165, 1.54) is 12.3 Å². The summed E-state index contributed by atoms with van der Waals surface area (Å²) < 4.78 is 10.5. The Morgan fingerprint density at radius 2 is 2.05 bits per heavy atom. The molecular weight excluding hydrogens is 268 g/mol. The van der Waals surface area contributed by atoms with E-state index in [1.807, 2.05) is 30.3 Å². The second kappa shape index (κ2) is 6.27. The topological polar surface area (TPSA) is 52.6 Å². The van der Waals surface area contributed by atoms with Crippen LogP contribution in [-0.4, -0.2) is 23.5 Å². The first kappa shape index (κ1) is 14.9. The molecule has 1 heterocycles. The second-order valence-corrected chi connectivity index (χ2v) is 4.96. The van der Waals surface area contributed by atoms with Crippen molar-refractivity contribution in [2.75, 3.05) is 0 Å². The van der Waals surface area contributed by atoms with Crippen LogP contribution in [0.4, 0.5) is 0 Å². The maximum atomic E-state index is 12.3. The number of esters is 1. The lowest BCUT2D eigenvalue weighted by molar-refractivity contribution is -0.166. The minimum Gasteiger partial charge on any atom is -0.470 e. The predicted octanol–water partition coefficient (Wildman–Crippen LogP) is 2.23. The summed E-state index contributed by atoms with van der Waals surface area (Å²) in [5.41, 5.74) is -0.828. The van der Waals surface area contributed by atoms with Crippen LogP contribution in [0.2, 0.25) is 0 Å². The maximum Gasteiger partial charge on any atom is 0.364 e. The van der Waals surface area contributed by atoms with Crippen LogP contribution in [0.15, 0.2) is 42.7 Å². The summed E-state index contributed by atoms with van der Waals surface area (Å²) in [4.78, 5) is 23.9. The largest absolute Gasteiger partial charge is 0.470 e. The van der Waals surface area contributed by atoms with E-state index in [4.69, 9.17) is 9.47 Å². The molecule has 0 radical (unpaired) electrons. The fraction of sp³-hybridized carbons (Fsp3) is 0.294. The molecule has 0 saturated heterocycles. The van der Waals surface area contributed by atoms with Gasteiger partial charge in [-0.25, -0.2) is 4.79 Å². The Hall–Kier alpha value is -2.54. The van der Waals surface area contributed by atoms with Crippen molar-refractivity contribution in [1.82, 2.24) is 0 Å². The monoisotopic (exact) mass is 284 g/mol. The van der Waals surface area contributed by atoms with E-state index in [1.54, 1.807) is 13.8 Å². The third-order valence-electron chi connectivity index (χ3n) is 2.80. The van der Waals surface area contributed by atoms with Gasteiger partial charge in [-0.2, -0.15) is 0 Å². The van der Waals surface area contributed by atoms with Crippen LogP contribution in [0.1, 0.15) is 25.8 Å². The fourth-order valence-corrected chi connectivity index (χ4v) is 1.82. The summed E-state index contributed by atoms with van der Waals surface area (Å²) >= 11 is 0. The maximum absolute atomic E-state index is 12.3. The van der Waals surface area contributed by atoms with Crippen LogP contribution < -0.4 is 0 Å². The van der Waals surface area contributed by atoms with Gasteiger partial charge in [-0.3, -0.25) is 4.79 Å². The van der Waals surface area contributed by atoms with E-state index in [0.29, 0.717) is 0 Å². The van der Waals surface area contributed by atoms with E-state index < -0.39 is 11.6 Å². The summed E-state index contributed by atoms with van der Waals surface area (Å²) in [5.74, 6) is 4.78. The summed E-state index contributed by atoms with van der Waals surface area (Å²) in [6.45, 7) is 3.47. The molecule has 2 rings (SSSR count). The minimum absolute atomic E-state index is 0.144. The molecule has 21 heavy (non-hydrogen) atoms. The normalized spacial score (nSPS) is 20.4. The molecule has 0 N–H and O–H groups in total. The zero-order valence-electron chi connectivity index (χ0n) is 12.0. The molecule has 0 aromatic heterocycles. The lowest BCUT2D eigenvalue weighted by atomic mass is 9.95. The zero-order valence-corrected chi connectivity index (χ0v) is 12.0. The SMILES string of the molecule is CC(C)OC(=O)[C@@]1(C#Cc2ccccc2)CC(=O)C=CO1. The molecule has 0 fully saturated rings. The average Bonchev–Trinajstić information content (AvgIpc) is 2.45. The lowest BCUT2D eigenvalue weighted by Crippen LogP contribution is -2.45. The first-order valence-corrected chi connectivity index (χ1v) is 6.68. The Kier molecular flexibility index (Phi) is 4.44. The predicted molar refractivity (Wildman–Crippen MR) is 77.1 cm³/mol. The summed E-state index contributed by atoms with van der Waals surface area (Å²) in [6, 6.07) is 9.19. The first-order valence-electron chi connectivity index (χ1n) is 6.68. The van der Waals surface area contributed by atoms with Gasteiger partial charge in [0.05, 0.1) is 18.8 Å². The van der Waals surface area contributed by atoms with Gasteiger partial charge in [0.2, 0.25) is 0 Å². The molecule has 1 atom stereocenters. The zero-order chi connectivity index (χ0) is 15.3. The van der Waals surface area contributed by atoms with Gasteiger partial charge < -0.3 is 9.47 Å². The van der Waals surface area contributed by atoms with Gasteiger partial charge in [-0.1, -0.05) is 24.1 Å². The standard InChI is InChI=1S/C17H16O4/c1-13(2)21-16(19)17(12-15(18)9-11-20-17)10-8-14-6-4-3-5-7-14/h3-7,9,11,13H,12H2,1-2H3/t17-/m1/s1. The lowest BCUT2D eigenvalue weighted by Gasteiger charge is -2.27. The smallest absolute Gasteiger partial charge is 0.364 e. The molecule has 1 aromatic carbocycles. The van der Waals surface area contributed by atoms with Crippen LogP contribution in [0.3, 0.4) is 0 Å². The van der Waals surface area contributed by atoms with Crippen LogP contribution in [-0.2, 0) is 19.1 Å². The van der Waals surface area contributed by atoms with Gasteiger partial charge >= 0.3 is 5.97 Å².